The molecule has 170 valence electrons. The summed E-state index contributed by atoms with van der Waals surface area (Å²) in [7, 11) is 0. The molecule has 2 fully saturated rings. The Morgan fingerprint density at radius 2 is 1.78 bits per heavy atom. The maximum absolute atomic E-state index is 13.0. The smallest absolute Gasteiger partial charge is 0.229 e. The average molecular weight is 456 g/mol. The Morgan fingerprint density at radius 3 is 2.41 bits per heavy atom. The number of carbonyl (C=O) groups is 3. The largest absolute Gasteiger partial charge is 0.342 e. The zero-order valence-electron chi connectivity index (χ0n) is 18.7. The van der Waals surface area contributed by atoms with E-state index in [1.165, 1.54) is 11.3 Å². The lowest BCUT2D eigenvalue weighted by Gasteiger charge is -2.32. The molecular weight excluding hydrogens is 426 g/mol. The summed E-state index contributed by atoms with van der Waals surface area (Å²) in [5.41, 5.74) is 1.97. The van der Waals surface area contributed by atoms with Crippen molar-refractivity contribution in [2.75, 3.05) is 29.9 Å². The van der Waals surface area contributed by atoms with Gasteiger partial charge in [-0.2, -0.15) is 0 Å². The number of benzene rings is 1. The standard InChI is InChI=1S/C23H29N5O3S/c1-14(2)21-25-26-23(32-21)24-20(30)16-8-10-27(11-9-16)22(31)17-12-19(29)28(13-17)18-6-4-15(3)5-7-18/h4-7,14,16-17H,8-13H2,1-3H3,(H,24,26,30)/t17-/m0/s1. The van der Waals surface area contributed by atoms with Gasteiger partial charge in [0.2, 0.25) is 22.9 Å². The summed E-state index contributed by atoms with van der Waals surface area (Å²) in [4.78, 5) is 41.7. The fourth-order valence-corrected chi connectivity index (χ4v) is 4.94. The minimum atomic E-state index is -0.329. The second-order valence-corrected chi connectivity index (χ2v) is 9.94. The third-order valence-corrected chi connectivity index (χ3v) is 7.30. The van der Waals surface area contributed by atoms with Crippen molar-refractivity contribution in [3.63, 3.8) is 0 Å². The SMILES string of the molecule is Cc1ccc(N2C[C@@H](C(=O)N3CCC(C(=O)Nc4nnc(C(C)C)s4)CC3)CC2=O)cc1. The van der Waals surface area contributed by atoms with Crippen LogP contribution in [0.25, 0.3) is 0 Å². The highest BCUT2D eigenvalue weighted by Crippen LogP contribution is 2.29. The van der Waals surface area contributed by atoms with Crippen molar-refractivity contribution in [3.8, 4) is 0 Å². The Balaban J connectivity index is 1.29. The van der Waals surface area contributed by atoms with Gasteiger partial charge in [0.05, 0.1) is 5.92 Å². The van der Waals surface area contributed by atoms with E-state index in [0.29, 0.717) is 37.6 Å². The number of aryl methyl sites for hydroxylation is 1. The van der Waals surface area contributed by atoms with E-state index in [0.717, 1.165) is 16.3 Å². The summed E-state index contributed by atoms with van der Waals surface area (Å²) in [6, 6.07) is 7.79. The lowest BCUT2D eigenvalue weighted by Crippen LogP contribution is -2.44. The Labute approximate surface area is 192 Å². The predicted molar refractivity (Wildman–Crippen MR) is 124 cm³/mol. The van der Waals surface area contributed by atoms with Crippen molar-refractivity contribution < 1.29 is 14.4 Å². The number of aromatic nitrogens is 2. The molecule has 8 nitrogen and oxygen atoms in total. The number of hydrogen-bond donors (Lipinski definition) is 1. The van der Waals surface area contributed by atoms with Crippen LogP contribution in [0.1, 0.15) is 49.6 Å². The second kappa shape index (κ2) is 9.36. The quantitative estimate of drug-likeness (QED) is 0.747. The zero-order chi connectivity index (χ0) is 22.8. The number of carbonyl (C=O) groups excluding carboxylic acids is 3. The Bertz CT molecular complexity index is 995. The molecule has 2 saturated heterocycles. The number of nitrogens with zero attached hydrogens (tertiary/aromatic N) is 4. The molecule has 2 aliphatic rings. The Kier molecular flexibility index (Phi) is 6.55. The molecule has 0 radical (unpaired) electrons. The summed E-state index contributed by atoms with van der Waals surface area (Å²) in [5, 5.41) is 12.4. The molecule has 2 aromatic rings. The Morgan fingerprint density at radius 1 is 1.09 bits per heavy atom. The molecule has 1 N–H and O–H groups in total. The molecule has 0 aliphatic carbocycles. The lowest BCUT2D eigenvalue weighted by molar-refractivity contribution is -0.138. The first-order valence-electron chi connectivity index (χ1n) is 11.1. The van der Waals surface area contributed by atoms with Crippen LogP contribution in [0.15, 0.2) is 24.3 Å². The molecule has 0 saturated carbocycles. The van der Waals surface area contributed by atoms with Crippen LogP contribution < -0.4 is 10.2 Å². The molecule has 9 heteroatoms. The van der Waals surface area contributed by atoms with Crippen molar-refractivity contribution in [2.24, 2.45) is 11.8 Å². The van der Waals surface area contributed by atoms with Crippen molar-refractivity contribution in [1.29, 1.82) is 0 Å². The summed E-state index contributed by atoms with van der Waals surface area (Å²) >= 11 is 1.40. The fraction of sp³-hybridized carbons (Fsp3) is 0.522. The van der Waals surface area contributed by atoms with E-state index in [2.05, 4.69) is 15.5 Å². The molecule has 0 spiro atoms. The van der Waals surface area contributed by atoms with Crippen LogP contribution in [0.4, 0.5) is 10.8 Å². The van der Waals surface area contributed by atoms with Gasteiger partial charge in [-0.15, -0.1) is 10.2 Å². The van der Waals surface area contributed by atoms with E-state index >= 15 is 0 Å². The fourth-order valence-electron chi connectivity index (χ4n) is 4.19. The molecule has 3 heterocycles. The second-order valence-electron chi connectivity index (χ2n) is 8.93. The van der Waals surface area contributed by atoms with Crippen LogP contribution in [0.5, 0.6) is 0 Å². The number of nitrogens with one attached hydrogen (secondary N) is 1. The normalized spacial score (nSPS) is 19.6. The number of amides is 3. The van der Waals surface area contributed by atoms with Crippen molar-refractivity contribution in [3.05, 3.63) is 34.8 Å². The van der Waals surface area contributed by atoms with Gasteiger partial charge < -0.3 is 15.1 Å². The van der Waals surface area contributed by atoms with Gasteiger partial charge in [0.25, 0.3) is 0 Å². The number of hydrogen-bond acceptors (Lipinski definition) is 6. The van der Waals surface area contributed by atoms with E-state index in [1.54, 1.807) is 4.90 Å². The maximum atomic E-state index is 13.0. The van der Waals surface area contributed by atoms with Crippen LogP contribution >= 0.6 is 11.3 Å². The van der Waals surface area contributed by atoms with E-state index in [9.17, 15) is 14.4 Å². The number of rotatable bonds is 5. The molecular formula is C23H29N5O3S. The first-order chi connectivity index (χ1) is 15.3. The van der Waals surface area contributed by atoms with Crippen molar-refractivity contribution >= 4 is 39.9 Å². The van der Waals surface area contributed by atoms with Gasteiger partial charge in [0, 0.05) is 43.6 Å². The van der Waals surface area contributed by atoms with Crippen LogP contribution in [0.3, 0.4) is 0 Å². The van der Waals surface area contributed by atoms with Gasteiger partial charge in [-0.1, -0.05) is 42.9 Å². The van der Waals surface area contributed by atoms with Crippen molar-refractivity contribution in [2.45, 2.75) is 46.0 Å². The van der Waals surface area contributed by atoms with Crippen LogP contribution in [-0.4, -0.2) is 52.5 Å². The van der Waals surface area contributed by atoms with Crippen LogP contribution in [-0.2, 0) is 14.4 Å². The first-order valence-corrected chi connectivity index (χ1v) is 11.9. The zero-order valence-corrected chi connectivity index (χ0v) is 19.5. The van der Waals surface area contributed by atoms with E-state index in [4.69, 9.17) is 0 Å². The van der Waals surface area contributed by atoms with E-state index in [1.807, 2.05) is 49.9 Å². The van der Waals surface area contributed by atoms with E-state index < -0.39 is 0 Å². The Hall–Kier alpha value is -2.81. The van der Waals surface area contributed by atoms with Gasteiger partial charge in [0.15, 0.2) is 0 Å². The van der Waals surface area contributed by atoms with Gasteiger partial charge in [-0.25, -0.2) is 0 Å². The molecule has 1 aromatic carbocycles. The van der Waals surface area contributed by atoms with Crippen molar-refractivity contribution in [1.82, 2.24) is 15.1 Å². The summed E-state index contributed by atoms with van der Waals surface area (Å²) < 4.78 is 0. The average Bonchev–Trinajstić information content (AvgIpc) is 3.41. The molecule has 1 aromatic heterocycles. The van der Waals surface area contributed by atoms with Gasteiger partial charge in [0.1, 0.15) is 5.01 Å². The molecule has 4 rings (SSSR count). The highest BCUT2D eigenvalue weighted by Gasteiger charge is 2.38. The number of piperidine rings is 1. The summed E-state index contributed by atoms with van der Waals surface area (Å²) in [5.74, 6) is -0.275. The molecule has 1 atom stereocenters. The number of likely N-dealkylation sites (tertiary alicyclic amines) is 1. The molecule has 32 heavy (non-hydrogen) atoms. The minimum absolute atomic E-state index is 0.0116. The monoisotopic (exact) mass is 455 g/mol. The van der Waals surface area contributed by atoms with Gasteiger partial charge >= 0.3 is 0 Å². The molecule has 0 unspecified atom stereocenters. The van der Waals surface area contributed by atoms with Crippen LogP contribution in [0.2, 0.25) is 0 Å². The molecule has 2 aliphatic heterocycles. The van der Waals surface area contributed by atoms with Gasteiger partial charge in [-0.3, -0.25) is 14.4 Å². The lowest BCUT2D eigenvalue weighted by atomic mass is 9.94. The van der Waals surface area contributed by atoms with E-state index in [-0.39, 0.29) is 41.9 Å². The summed E-state index contributed by atoms with van der Waals surface area (Å²) in [6.07, 6.45) is 1.45. The maximum Gasteiger partial charge on any atom is 0.229 e. The first kappa shape index (κ1) is 22.4. The third kappa shape index (κ3) is 4.82. The predicted octanol–water partition coefficient (Wildman–Crippen LogP) is 3.20. The molecule has 3 amide bonds. The highest BCUT2D eigenvalue weighted by atomic mass is 32.1. The topological polar surface area (TPSA) is 95.5 Å². The minimum Gasteiger partial charge on any atom is -0.342 e. The highest BCUT2D eigenvalue weighted by molar-refractivity contribution is 7.15. The summed E-state index contributed by atoms with van der Waals surface area (Å²) in [6.45, 7) is 7.55. The van der Waals surface area contributed by atoms with Gasteiger partial charge in [-0.05, 0) is 31.9 Å². The third-order valence-electron chi connectivity index (χ3n) is 6.16. The molecule has 0 bridgehead atoms. The van der Waals surface area contributed by atoms with Crippen LogP contribution in [0, 0.1) is 18.8 Å². The number of anilines is 2.